The van der Waals surface area contributed by atoms with E-state index in [0.29, 0.717) is 13.3 Å². The molecule has 0 fully saturated rings. The minimum absolute atomic E-state index is 0.0104. The zero-order chi connectivity index (χ0) is 12.8. The summed E-state index contributed by atoms with van der Waals surface area (Å²) in [4.78, 5) is 11.6. The molecule has 0 saturated heterocycles. The van der Waals surface area contributed by atoms with Crippen LogP contribution in [0.25, 0.3) is 5.69 Å². The summed E-state index contributed by atoms with van der Waals surface area (Å²) in [7, 11) is 1.88. The molecular weight excluding hydrogens is 557 g/mol. The van der Waals surface area contributed by atoms with Crippen LogP contribution in [0.3, 0.4) is 0 Å². The van der Waals surface area contributed by atoms with Crippen LogP contribution in [0.1, 0.15) is 5.69 Å². The maximum absolute atomic E-state index is 11.6. The Hall–Kier alpha value is 0.420. The molecule has 17 heavy (non-hydrogen) atoms. The van der Waals surface area contributed by atoms with Crippen LogP contribution in [0, 0.1) is 6.92 Å². The Balaban J connectivity index is 0.000000437. The zero-order valence-corrected chi connectivity index (χ0v) is 15.9. The van der Waals surface area contributed by atoms with Gasteiger partial charge in [-0.25, -0.2) is 4.68 Å². The summed E-state index contributed by atoms with van der Waals surface area (Å²) in [5.41, 5.74) is 1.86. The van der Waals surface area contributed by atoms with Crippen molar-refractivity contribution in [2.45, 2.75) is 6.92 Å². The molecule has 0 N–H and O–H groups in total. The second-order valence-electron chi connectivity index (χ2n) is 3.35. The second-order valence-corrected chi connectivity index (χ2v) is 19.6. The van der Waals surface area contributed by atoms with Gasteiger partial charge < -0.3 is 0 Å². The molecule has 1 heterocycles. The molecule has 3 nitrogen and oxygen atoms in total. The molecule has 0 atom stereocenters. The molecule has 0 aliphatic carbocycles. The Morgan fingerprint density at radius 2 is 1.71 bits per heavy atom. The Kier molecular flexibility index (Phi) is 7.07. The third-order valence-electron chi connectivity index (χ3n) is 2.35. The van der Waals surface area contributed by atoms with Crippen LogP contribution in [0.15, 0.2) is 41.2 Å². The van der Waals surface area contributed by atoms with Gasteiger partial charge in [-0.2, -0.15) is 0 Å². The van der Waals surface area contributed by atoms with Gasteiger partial charge in [0.15, 0.2) is 0 Å². The molecule has 2 aromatic rings. The van der Waals surface area contributed by atoms with Crippen molar-refractivity contribution in [2.75, 3.05) is 0 Å². The van der Waals surface area contributed by atoms with E-state index in [1.54, 1.807) is 10.7 Å². The summed E-state index contributed by atoms with van der Waals surface area (Å²) in [5.74, 6) is 0. The molecule has 0 radical (unpaired) electrons. The molecule has 0 unspecified atom stereocenters. The number of aromatic nitrogens is 2. The molecule has 2 rings (SSSR count). The van der Waals surface area contributed by atoms with E-state index >= 15 is 0 Å². The molecule has 94 valence electrons. The number of benzene rings is 1. The molecule has 0 spiro atoms. The van der Waals surface area contributed by atoms with E-state index in [1.807, 2.05) is 49.0 Å². The average Bonchev–Trinajstić information content (AvgIpc) is 2.55. The summed E-state index contributed by atoms with van der Waals surface area (Å²) in [6.07, 6.45) is 0. The van der Waals surface area contributed by atoms with Gasteiger partial charge in [-0.15, -0.1) is 0 Å². The van der Waals surface area contributed by atoms with Crippen LogP contribution < -0.4 is 18.8 Å². The van der Waals surface area contributed by atoms with Crippen molar-refractivity contribution in [3.8, 4) is 5.69 Å². The summed E-state index contributed by atoms with van der Waals surface area (Å²) in [6.45, 7) is 1.92. The maximum atomic E-state index is 11.6. The van der Waals surface area contributed by atoms with Crippen LogP contribution in [0.4, 0.5) is 0 Å². The summed E-state index contributed by atoms with van der Waals surface area (Å²) in [6, 6.07) is 11.2. The molecule has 0 amide bonds. The third kappa shape index (κ3) is 4.23. The Morgan fingerprint density at radius 1 is 1.18 bits per heavy atom. The molecule has 1 aromatic carbocycles. The number of para-hydroxylation sites is 1. The fourth-order valence-corrected chi connectivity index (χ4v) is 1.51. The predicted molar refractivity (Wildman–Crippen MR) is 83.8 cm³/mol. The van der Waals surface area contributed by atoms with Gasteiger partial charge in [0.05, 0.1) is 5.69 Å². The second kappa shape index (κ2) is 7.77. The van der Waals surface area contributed by atoms with Crippen molar-refractivity contribution < 1.29 is 13.3 Å². The van der Waals surface area contributed by atoms with Gasteiger partial charge >= 0.3 is 50.5 Å². The SMILES string of the molecule is Cc1cc(=O)n(-c2ccccc2)n1C.I[I-]I. The first-order valence-corrected chi connectivity index (χ1v) is 17.4. The Bertz CT molecular complexity index is 519. The fraction of sp³-hybridized carbons (Fsp3) is 0.182. The van der Waals surface area contributed by atoms with E-state index < -0.39 is 0 Å². The molecule has 0 aliphatic heterocycles. The van der Waals surface area contributed by atoms with Crippen LogP contribution >= 0.6 is 37.2 Å². The number of hydrogen-bond donors (Lipinski definition) is 0. The molecule has 0 saturated carbocycles. The Labute approximate surface area is 130 Å². The van der Waals surface area contributed by atoms with Crippen LogP contribution in [-0.2, 0) is 7.05 Å². The van der Waals surface area contributed by atoms with Crippen molar-refractivity contribution >= 4 is 37.2 Å². The zero-order valence-electron chi connectivity index (χ0n) is 9.40. The van der Waals surface area contributed by atoms with E-state index in [4.69, 9.17) is 0 Å². The van der Waals surface area contributed by atoms with Crippen molar-refractivity contribution in [2.24, 2.45) is 7.05 Å². The number of nitrogens with zero attached hydrogens (tertiary/aromatic N) is 2. The predicted octanol–water partition coefficient (Wildman–Crippen LogP) is 0.260. The number of aryl methyl sites for hydroxylation is 1. The van der Waals surface area contributed by atoms with Crippen LogP contribution in [-0.4, -0.2) is 9.36 Å². The van der Waals surface area contributed by atoms with Crippen molar-refractivity contribution in [3.05, 3.63) is 52.4 Å². The molecular formula is C11H12I3N2O-. The van der Waals surface area contributed by atoms with Crippen molar-refractivity contribution in [1.82, 2.24) is 9.36 Å². The van der Waals surface area contributed by atoms with Gasteiger partial charge in [0.1, 0.15) is 0 Å². The number of halogens is 3. The normalized spacial score (nSPS) is 9.88. The van der Waals surface area contributed by atoms with Crippen molar-refractivity contribution in [1.29, 1.82) is 0 Å². The first kappa shape index (κ1) is 15.5. The standard InChI is InChI=1S/C11H12N2O.I3/c1-9-8-11(14)13(12(9)2)10-6-4-3-5-7-10;1-3-2/h3-8H,1-2H3;/q;-1. The monoisotopic (exact) mass is 569 g/mol. The number of hydrogen-bond acceptors (Lipinski definition) is 1. The minimum atomic E-state index is 0.0104. The first-order chi connectivity index (χ1) is 8.11. The summed E-state index contributed by atoms with van der Waals surface area (Å²) >= 11 is 5.30. The van der Waals surface area contributed by atoms with E-state index in [9.17, 15) is 4.79 Å². The summed E-state index contributed by atoms with van der Waals surface area (Å²) in [5, 5.41) is 0. The average molecular weight is 569 g/mol. The van der Waals surface area contributed by atoms with Gasteiger partial charge in [-0.3, -0.25) is 9.48 Å². The fourth-order valence-electron chi connectivity index (χ4n) is 1.51. The van der Waals surface area contributed by atoms with Gasteiger partial charge in [-0.05, 0) is 19.1 Å². The van der Waals surface area contributed by atoms with E-state index in [0.717, 1.165) is 11.4 Å². The van der Waals surface area contributed by atoms with Crippen LogP contribution in [0.2, 0.25) is 0 Å². The third-order valence-corrected chi connectivity index (χ3v) is 2.35. The number of rotatable bonds is 1. The molecule has 0 aliphatic rings. The topological polar surface area (TPSA) is 26.9 Å². The van der Waals surface area contributed by atoms with Crippen molar-refractivity contribution in [3.63, 3.8) is 0 Å². The van der Waals surface area contributed by atoms with Gasteiger partial charge in [0.25, 0.3) is 5.56 Å². The molecule has 1 aromatic heterocycles. The van der Waals surface area contributed by atoms with E-state index in [1.165, 1.54) is 0 Å². The van der Waals surface area contributed by atoms with E-state index in [2.05, 4.69) is 37.2 Å². The van der Waals surface area contributed by atoms with Gasteiger partial charge in [-0.1, -0.05) is 18.2 Å². The molecule has 6 heteroatoms. The molecule has 0 bridgehead atoms. The van der Waals surface area contributed by atoms with Gasteiger partial charge in [0, 0.05) is 18.8 Å². The van der Waals surface area contributed by atoms with E-state index in [-0.39, 0.29) is 5.56 Å². The van der Waals surface area contributed by atoms with Gasteiger partial charge in [0.2, 0.25) is 0 Å². The summed E-state index contributed by atoms with van der Waals surface area (Å²) < 4.78 is 3.49. The Morgan fingerprint density at radius 3 is 2.12 bits per heavy atom. The van der Waals surface area contributed by atoms with Crippen LogP contribution in [0.5, 0.6) is 0 Å². The quantitative estimate of drug-likeness (QED) is 0.454. The first-order valence-electron chi connectivity index (χ1n) is 4.80.